The van der Waals surface area contributed by atoms with Crippen molar-refractivity contribution in [3.8, 4) is 11.5 Å². The molecule has 0 saturated carbocycles. The summed E-state index contributed by atoms with van der Waals surface area (Å²) in [7, 11) is 1.64. The minimum absolute atomic E-state index is 0.00855. The second-order valence-electron chi connectivity index (χ2n) is 6.02. The van der Waals surface area contributed by atoms with Crippen LogP contribution in [0.3, 0.4) is 0 Å². The van der Waals surface area contributed by atoms with Crippen LogP contribution in [0.5, 0.6) is 11.5 Å². The summed E-state index contributed by atoms with van der Waals surface area (Å²) in [5.41, 5.74) is 2.32. The topological polar surface area (TPSA) is 35.5 Å². The molecule has 3 nitrogen and oxygen atoms in total. The van der Waals surface area contributed by atoms with E-state index in [-0.39, 0.29) is 5.38 Å². The van der Waals surface area contributed by atoms with Crippen LogP contribution in [-0.2, 0) is 17.6 Å². The summed E-state index contributed by atoms with van der Waals surface area (Å²) in [5.74, 6) is 0.868. The van der Waals surface area contributed by atoms with Gasteiger partial charge in [-0.15, -0.1) is 11.6 Å². The van der Waals surface area contributed by atoms with Crippen LogP contribution in [0.4, 0.5) is 0 Å². The van der Waals surface area contributed by atoms with E-state index >= 15 is 0 Å². The van der Waals surface area contributed by atoms with Crippen LogP contribution in [0.15, 0.2) is 30.4 Å². The van der Waals surface area contributed by atoms with Gasteiger partial charge < -0.3 is 9.47 Å². The fraction of sp³-hybridized carbons (Fsp3) is 0.316. The van der Waals surface area contributed by atoms with Gasteiger partial charge in [0, 0.05) is 37.9 Å². The van der Waals surface area contributed by atoms with Crippen molar-refractivity contribution in [3.63, 3.8) is 0 Å². The maximum absolute atomic E-state index is 12.1. The molecule has 0 fully saturated rings. The largest absolute Gasteiger partial charge is 0.496 e. The highest BCUT2D eigenvalue weighted by Gasteiger charge is 2.28. The molecule has 5 heteroatoms. The SMILES string of the molecule is C=C(C)C(=O)Oc1c2c(c(OC)c3cc(Cl)ccc13)CCC(Cl)C2. The summed E-state index contributed by atoms with van der Waals surface area (Å²) in [6.07, 6.45) is 2.25. The van der Waals surface area contributed by atoms with E-state index in [1.807, 2.05) is 12.1 Å². The van der Waals surface area contributed by atoms with E-state index in [2.05, 4.69) is 6.58 Å². The summed E-state index contributed by atoms with van der Waals surface area (Å²) in [4.78, 5) is 12.1. The Hall–Kier alpha value is -1.71. The number of hydrogen-bond acceptors (Lipinski definition) is 3. The highest BCUT2D eigenvalue weighted by molar-refractivity contribution is 6.31. The first-order valence-corrected chi connectivity index (χ1v) is 8.56. The maximum Gasteiger partial charge on any atom is 0.338 e. The molecular formula is C19H18Cl2O3. The zero-order chi connectivity index (χ0) is 17.4. The fourth-order valence-corrected chi connectivity index (χ4v) is 3.57. The first-order valence-electron chi connectivity index (χ1n) is 7.75. The molecule has 126 valence electrons. The highest BCUT2D eigenvalue weighted by Crippen LogP contribution is 2.45. The number of benzene rings is 2. The maximum atomic E-state index is 12.1. The number of halogens is 2. The van der Waals surface area contributed by atoms with Crippen LogP contribution in [0.25, 0.3) is 10.8 Å². The highest BCUT2D eigenvalue weighted by atomic mass is 35.5. The number of esters is 1. The molecule has 1 aliphatic carbocycles. The number of fused-ring (bicyclic) bond motifs is 2. The summed E-state index contributed by atoms with van der Waals surface area (Å²) < 4.78 is 11.3. The number of alkyl halides is 1. The molecule has 0 aromatic heterocycles. The first-order chi connectivity index (χ1) is 11.4. The second-order valence-corrected chi connectivity index (χ2v) is 7.07. The summed E-state index contributed by atoms with van der Waals surface area (Å²) in [5, 5.41) is 2.23. The van der Waals surface area contributed by atoms with Crippen LogP contribution in [0.2, 0.25) is 5.02 Å². The predicted molar refractivity (Wildman–Crippen MR) is 97.6 cm³/mol. The van der Waals surface area contributed by atoms with Gasteiger partial charge in [0.15, 0.2) is 0 Å². The van der Waals surface area contributed by atoms with Gasteiger partial charge in [0.05, 0.1) is 7.11 Å². The van der Waals surface area contributed by atoms with E-state index in [0.717, 1.165) is 40.5 Å². The Balaban J connectivity index is 2.32. The molecule has 2 aromatic rings. The summed E-state index contributed by atoms with van der Waals surface area (Å²) in [6, 6.07) is 5.45. The Labute approximate surface area is 151 Å². The number of hydrogen-bond donors (Lipinski definition) is 0. The van der Waals surface area contributed by atoms with Gasteiger partial charge in [0.25, 0.3) is 0 Å². The van der Waals surface area contributed by atoms with Crippen LogP contribution < -0.4 is 9.47 Å². The molecular weight excluding hydrogens is 347 g/mol. The monoisotopic (exact) mass is 364 g/mol. The van der Waals surface area contributed by atoms with Gasteiger partial charge in [-0.25, -0.2) is 4.79 Å². The molecule has 1 unspecified atom stereocenters. The zero-order valence-corrected chi connectivity index (χ0v) is 15.1. The molecule has 0 N–H and O–H groups in total. The van der Waals surface area contributed by atoms with Crippen molar-refractivity contribution in [2.75, 3.05) is 7.11 Å². The Morgan fingerprint density at radius 3 is 2.67 bits per heavy atom. The average molecular weight is 365 g/mol. The second kappa shape index (κ2) is 6.66. The third-order valence-corrected chi connectivity index (χ3v) is 4.87. The zero-order valence-electron chi connectivity index (χ0n) is 13.6. The first kappa shape index (κ1) is 17.1. The Bertz CT molecular complexity index is 842. The normalized spacial score (nSPS) is 16.6. The molecule has 0 radical (unpaired) electrons. The van der Waals surface area contributed by atoms with Crippen LogP contribution >= 0.6 is 23.2 Å². The van der Waals surface area contributed by atoms with E-state index in [1.54, 1.807) is 20.1 Å². The van der Waals surface area contributed by atoms with E-state index in [0.29, 0.717) is 22.8 Å². The fourth-order valence-electron chi connectivity index (χ4n) is 3.14. The van der Waals surface area contributed by atoms with Crippen molar-refractivity contribution in [1.82, 2.24) is 0 Å². The Kier molecular flexibility index (Phi) is 4.75. The van der Waals surface area contributed by atoms with E-state index < -0.39 is 5.97 Å². The lowest BCUT2D eigenvalue weighted by molar-refractivity contribution is -0.130. The number of carbonyl (C=O) groups excluding carboxylic acids is 1. The number of rotatable bonds is 3. The van der Waals surface area contributed by atoms with E-state index in [9.17, 15) is 4.79 Å². The van der Waals surface area contributed by atoms with Gasteiger partial charge in [-0.2, -0.15) is 0 Å². The molecule has 2 aromatic carbocycles. The summed E-state index contributed by atoms with van der Waals surface area (Å²) in [6.45, 7) is 5.29. The van der Waals surface area contributed by atoms with Crippen molar-refractivity contribution in [3.05, 3.63) is 46.5 Å². The van der Waals surface area contributed by atoms with Crippen molar-refractivity contribution in [2.45, 2.75) is 31.6 Å². The molecule has 1 atom stereocenters. The molecule has 3 rings (SSSR count). The van der Waals surface area contributed by atoms with E-state index in [1.165, 1.54) is 0 Å². The number of methoxy groups -OCH3 is 1. The minimum atomic E-state index is -0.449. The van der Waals surface area contributed by atoms with Gasteiger partial charge in [0.2, 0.25) is 0 Å². The molecule has 1 aliphatic rings. The van der Waals surface area contributed by atoms with Crippen molar-refractivity contribution < 1.29 is 14.3 Å². The van der Waals surface area contributed by atoms with Crippen molar-refractivity contribution in [1.29, 1.82) is 0 Å². The number of ether oxygens (including phenoxy) is 2. The molecule has 0 spiro atoms. The Morgan fingerprint density at radius 1 is 1.25 bits per heavy atom. The quantitative estimate of drug-likeness (QED) is 0.329. The van der Waals surface area contributed by atoms with Crippen molar-refractivity contribution in [2.24, 2.45) is 0 Å². The molecule has 24 heavy (non-hydrogen) atoms. The lowest BCUT2D eigenvalue weighted by atomic mass is 9.87. The van der Waals surface area contributed by atoms with Gasteiger partial charge in [0.1, 0.15) is 11.5 Å². The summed E-state index contributed by atoms with van der Waals surface area (Å²) >= 11 is 12.5. The third-order valence-electron chi connectivity index (χ3n) is 4.26. The van der Waals surface area contributed by atoms with E-state index in [4.69, 9.17) is 32.7 Å². The standard InChI is InChI=1S/C19H18Cl2O3/c1-10(2)19(22)24-18-14-7-5-11(20)8-15(14)17(23-3)13-6-4-12(21)9-16(13)18/h5,7-8,12H,1,4,6,9H2,2-3H3. The lowest BCUT2D eigenvalue weighted by Crippen LogP contribution is -2.18. The lowest BCUT2D eigenvalue weighted by Gasteiger charge is -2.26. The minimum Gasteiger partial charge on any atom is -0.496 e. The van der Waals surface area contributed by atoms with Gasteiger partial charge in [-0.3, -0.25) is 0 Å². The Morgan fingerprint density at radius 2 is 2.00 bits per heavy atom. The van der Waals surface area contributed by atoms with Gasteiger partial charge in [-0.1, -0.05) is 18.2 Å². The van der Waals surface area contributed by atoms with Crippen molar-refractivity contribution >= 4 is 39.9 Å². The van der Waals surface area contributed by atoms with Crippen LogP contribution in [0, 0.1) is 0 Å². The van der Waals surface area contributed by atoms with Gasteiger partial charge in [-0.05, 0) is 44.4 Å². The molecule has 0 aliphatic heterocycles. The molecule has 0 saturated heterocycles. The average Bonchev–Trinajstić information content (AvgIpc) is 2.54. The van der Waals surface area contributed by atoms with Gasteiger partial charge >= 0.3 is 5.97 Å². The third kappa shape index (κ3) is 2.99. The number of carbonyl (C=O) groups is 1. The molecule has 0 amide bonds. The molecule has 0 heterocycles. The van der Waals surface area contributed by atoms with Crippen LogP contribution in [0.1, 0.15) is 24.5 Å². The van der Waals surface area contributed by atoms with Crippen LogP contribution in [-0.4, -0.2) is 18.5 Å². The smallest absolute Gasteiger partial charge is 0.338 e. The molecule has 0 bridgehead atoms. The predicted octanol–water partition coefficient (Wildman–Crippen LogP) is 5.08.